The van der Waals surface area contributed by atoms with Gasteiger partial charge in [0.2, 0.25) is 0 Å². The number of rotatable bonds is 5. The number of hydrogen-bond donors (Lipinski definition) is 1. The van der Waals surface area contributed by atoms with Gasteiger partial charge in [0.1, 0.15) is 0 Å². The molecule has 86 valence electrons. The second kappa shape index (κ2) is 7.83. The van der Waals surface area contributed by atoms with Crippen molar-refractivity contribution in [1.82, 2.24) is 10.2 Å². The van der Waals surface area contributed by atoms with Crippen LogP contribution in [-0.2, 0) is 0 Å². The van der Waals surface area contributed by atoms with Crippen LogP contribution in [-0.4, -0.2) is 31.1 Å². The van der Waals surface area contributed by atoms with Gasteiger partial charge in [-0.2, -0.15) is 0 Å². The van der Waals surface area contributed by atoms with E-state index in [1.165, 1.54) is 17.9 Å². The Morgan fingerprint density at radius 2 is 2.13 bits per heavy atom. The maximum absolute atomic E-state index is 3.39. The molecule has 0 amide bonds. The molecule has 0 aromatic carbocycles. The lowest BCUT2D eigenvalue weighted by molar-refractivity contribution is 0.316. The third kappa shape index (κ3) is 4.76. The fraction of sp³-hybridized carbons (Fsp3) is 0.667. The third-order valence-corrected chi connectivity index (χ3v) is 3.44. The highest BCUT2D eigenvalue weighted by molar-refractivity contribution is 8.05. The maximum Gasteiger partial charge on any atom is 0.0710 e. The van der Waals surface area contributed by atoms with Crippen molar-refractivity contribution in [2.75, 3.05) is 26.2 Å². The van der Waals surface area contributed by atoms with Gasteiger partial charge < -0.3 is 10.2 Å². The summed E-state index contributed by atoms with van der Waals surface area (Å²) in [5, 5.41) is 6.98. The Labute approximate surface area is 97.8 Å². The largest absolute Gasteiger partial charge is 0.364 e. The molecule has 0 bridgehead atoms. The van der Waals surface area contributed by atoms with Crippen molar-refractivity contribution in [1.29, 1.82) is 0 Å². The number of allylic oxidation sites excluding steroid dienone is 2. The smallest absolute Gasteiger partial charge is 0.0710 e. The van der Waals surface area contributed by atoms with Crippen LogP contribution in [0.1, 0.15) is 26.7 Å². The van der Waals surface area contributed by atoms with E-state index in [4.69, 9.17) is 0 Å². The molecule has 0 radical (unpaired) electrons. The zero-order chi connectivity index (χ0) is 10.9. The normalized spacial score (nSPS) is 18.8. The van der Waals surface area contributed by atoms with Crippen molar-refractivity contribution in [2.45, 2.75) is 26.7 Å². The van der Waals surface area contributed by atoms with Crippen molar-refractivity contribution in [3.63, 3.8) is 0 Å². The molecule has 0 spiro atoms. The Morgan fingerprint density at radius 1 is 1.40 bits per heavy atom. The third-order valence-electron chi connectivity index (χ3n) is 2.36. The molecule has 0 aromatic heterocycles. The van der Waals surface area contributed by atoms with Crippen LogP contribution in [0.5, 0.6) is 0 Å². The van der Waals surface area contributed by atoms with Gasteiger partial charge >= 0.3 is 0 Å². The molecule has 1 aliphatic rings. The summed E-state index contributed by atoms with van der Waals surface area (Å²) in [5.74, 6) is 0. The maximum atomic E-state index is 3.39. The van der Waals surface area contributed by atoms with Crippen LogP contribution < -0.4 is 5.32 Å². The SMILES string of the molecule is C/C=C\S/C(=C/CCC)N1CCNCC1. The molecular weight excluding hydrogens is 204 g/mol. The summed E-state index contributed by atoms with van der Waals surface area (Å²) in [5.41, 5.74) is 0. The van der Waals surface area contributed by atoms with E-state index in [0.29, 0.717) is 0 Å². The summed E-state index contributed by atoms with van der Waals surface area (Å²) in [7, 11) is 0. The van der Waals surface area contributed by atoms with E-state index in [1.807, 2.05) is 11.8 Å². The van der Waals surface area contributed by atoms with Crippen LogP contribution in [0.25, 0.3) is 0 Å². The summed E-state index contributed by atoms with van der Waals surface area (Å²) in [6.45, 7) is 8.80. The second-order valence-electron chi connectivity index (χ2n) is 3.66. The molecule has 1 saturated heterocycles. The highest BCUT2D eigenvalue weighted by Gasteiger charge is 2.11. The number of piperazine rings is 1. The summed E-state index contributed by atoms with van der Waals surface area (Å²) in [4.78, 5) is 2.48. The second-order valence-corrected chi connectivity index (χ2v) is 4.58. The fourth-order valence-corrected chi connectivity index (χ4v) is 2.36. The predicted molar refractivity (Wildman–Crippen MR) is 69.8 cm³/mol. The zero-order valence-corrected chi connectivity index (χ0v) is 10.6. The molecule has 0 aliphatic carbocycles. The molecule has 3 heteroatoms. The van der Waals surface area contributed by atoms with Crippen LogP contribution in [0.2, 0.25) is 0 Å². The van der Waals surface area contributed by atoms with Gasteiger partial charge in [-0.1, -0.05) is 37.3 Å². The van der Waals surface area contributed by atoms with Crippen molar-refractivity contribution >= 4 is 11.8 Å². The van der Waals surface area contributed by atoms with E-state index in [0.717, 1.165) is 26.2 Å². The molecule has 15 heavy (non-hydrogen) atoms. The first-order valence-electron chi connectivity index (χ1n) is 5.82. The van der Waals surface area contributed by atoms with Gasteiger partial charge in [0.05, 0.1) is 5.03 Å². The highest BCUT2D eigenvalue weighted by atomic mass is 32.2. The number of nitrogens with one attached hydrogen (secondary N) is 1. The van der Waals surface area contributed by atoms with E-state index in [1.54, 1.807) is 0 Å². The lowest BCUT2D eigenvalue weighted by atomic mass is 10.3. The summed E-state index contributed by atoms with van der Waals surface area (Å²) < 4.78 is 0. The van der Waals surface area contributed by atoms with Crippen molar-refractivity contribution in [3.05, 3.63) is 22.6 Å². The molecule has 1 aliphatic heterocycles. The van der Waals surface area contributed by atoms with Crippen molar-refractivity contribution in [3.8, 4) is 0 Å². The number of thioether (sulfide) groups is 1. The molecule has 0 unspecified atom stereocenters. The van der Waals surface area contributed by atoms with Gasteiger partial charge in [0.15, 0.2) is 0 Å². The van der Waals surface area contributed by atoms with Gasteiger partial charge in [-0.15, -0.1) is 0 Å². The van der Waals surface area contributed by atoms with E-state index in [2.05, 4.69) is 41.6 Å². The minimum absolute atomic E-state index is 1.11. The Kier molecular flexibility index (Phi) is 6.60. The molecule has 1 heterocycles. The minimum Gasteiger partial charge on any atom is -0.364 e. The minimum atomic E-state index is 1.11. The zero-order valence-electron chi connectivity index (χ0n) is 9.83. The van der Waals surface area contributed by atoms with Gasteiger partial charge in [0.25, 0.3) is 0 Å². The fourth-order valence-electron chi connectivity index (χ4n) is 1.54. The standard InChI is InChI=1S/C12H22N2S/c1-3-5-6-12(15-11-4-2)14-9-7-13-8-10-14/h4,6,11,13H,3,5,7-10H2,1-2H3/b11-4-,12-6+. The van der Waals surface area contributed by atoms with Gasteiger partial charge in [-0.25, -0.2) is 0 Å². The Morgan fingerprint density at radius 3 is 2.73 bits per heavy atom. The van der Waals surface area contributed by atoms with Crippen LogP contribution in [0.15, 0.2) is 22.6 Å². The topological polar surface area (TPSA) is 15.3 Å². The van der Waals surface area contributed by atoms with E-state index >= 15 is 0 Å². The molecule has 1 rings (SSSR count). The highest BCUT2D eigenvalue weighted by Crippen LogP contribution is 2.22. The van der Waals surface area contributed by atoms with Gasteiger partial charge in [-0.3, -0.25) is 0 Å². The van der Waals surface area contributed by atoms with Gasteiger partial charge in [-0.05, 0) is 18.8 Å². The Balaban J connectivity index is 2.52. The first kappa shape index (κ1) is 12.7. The molecule has 0 saturated carbocycles. The summed E-state index contributed by atoms with van der Waals surface area (Å²) >= 11 is 1.85. The lowest BCUT2D eigenvalue weighted by Crippen LogP contribution is -2.42. The molecule has 0 atom stereocenters. The summed E-state index contributed by atoms with van der Waals surface area (Å²) in [6.07, 6.45) is 6.89. The molecule has 1 N–H and O–H groups in total. The van der Waals surface area contributed by atoms with Crippen LogP contribution in [0.4, 0.5) is 0 Å². The van der Waals surface area contributed by atoms with E-state index in [-0.39, 0.29) is 0 Å². The van der Waals surface area contributed by atoms with Gasteiger partial charge in [0, 0.05) is 26.2 Å². The monoisotopic (exact) mass is 226 g/mol. The molecular formula is C12H22N2S. The first-order valence-corrected chi connectivity index (χ1v) is 6.70. The first-order chi connectivity index (χ1) is 7.38. The number of unbranched alkanes of at least 4 members (excludes halogenated alkanes) is 1. The summed E-state index contributed by atoms with van der Waals surface area (Å²) in [6, 6.07) is 0. The predicted octanol–water partition coefficient (Wildman–Crippen LogP) is 2.80. The Bertz CT molecular complexity index is 218. The van der Waals surface area contributed by atoms with E-state index in [9.17, 15) is 0 Å². The Hall–Kier alpha value is -0.410. The number of hydrogen-bond acceptors (Lipinski definition) is 3. The van der Waals surface area contributed by atoms with Crippen LogP contribution in [0.3, 0.4) is 0 Å². The average molecular weight is 226 g/mol. The quantitative estimate of drug-likeness (QED) is 0.776. The molecule has 2 nitrogen and oxygen atoms in total. The van der Waals surface area contributed by atoms with Crippen LogP contribution >= 0.6 is 11.8 Å². The number of nitrogens with zero attached hydrogens (tertiary/aromatic N) is 1. The van der Waals surface area contributed by atoms with Crippen molar-refractivity contribution in [2.24, 2.45) is 0 Å². The average Bonchev–Trinajstić information content (AvgIpc) is 2.30. The van der Waals surface area contributed by atoms with Crippen LogP contribution in [0, 0.1) is 0 Å². The van der Waals surface area contributed by atoms with E-state index < -0.39 is 0 Å². The molecule has 1 fully saturated rings. The van der Waals surface area contributed by atoms with Crippen molar-refractivity contribution < 1.29 is 0 Å². The lowest BCUT2D eigenvalue weighted by Gasteiger charge is -2.30. The molecule has 0 aromatic rings.